The van der Waals surface area contributed by atoms with Crippen molar-refractivity contribution in [3.63, 3.8) is 0 Å². The number of hydrogen-bond acceptors (Lipinski definition) is 5. The zero-order valence-corrected chi connectivity index (χ0v) is 14.6. The molecule has 25 heavy (non-hydrogen) atoms. The van der Waals surface area contributed by atoms with E-state index in [0.717, 1.165) is 24.8 Å². The number of H-pyrrole nitrogens is 1. The molecule has 2 heterocycles. The van der Waals surface area contributed by atoms with Crippen LogP contribution in [0.3, 0.4) is 0 Å². The molecule has 1 N–H and O–H groups in total. The van der Waals surface area contributed by atoms with Gasteiger partial charge in [0, 0.05) is 24.4 Å². The largest absolute Gasteiger partial charge is 0.429 e. The Bertz CT molecular complexity index is 871. The lowest BCUT2D eigenvalue weighted by Crippen LogP contribution is -2.54. The molecule has 0 bridgehead atoms. The van der Waals surface area contributed by atoms with E-state index in [0.29, 0.717) is 37.3 Å². The van der Waals surface area contributed by atoms with Gasteiger partial charge in [0.05, 0.1) is 24.8 Å². The molecule has 2 aliphatic rings. The monoisotopic (exact) mass is 360 g/mol. The van der Waals surface area contributed by atoms with E-state index in [1.807, 2.05) is 0 Å². The zero-order chi connectivity index (χ0) is 17.4. The number of carbonyl (C=O) groups excluding carboxylic acids is 2. The molecule has 1 aliphatic heterocycles. The third-order valence-electron chi connectivity index (χ3n) is 5.16. The zero-order valence-electron chi connectivity index (χ0n) is 13.8. The fraction of sp³-hybridized carbons (Fsp3) is 0.500. The first kappa shape index (κ1) is 16.5. The summed E-state index contributed by atoms with van der Waals surface area (Å²) in [6.07, 6.45) is 3.43. The minimum atomic E-state index is -0.178. The lowest BCUT2D eigenvalue weighted by Gasteiger charge is -2.40. The van der Waals surface area contributed by atoms with Gasteiger partial charge in [0.1, 0.15) is 5.78 Å². The molecule has 2 fully saturated rings. The molecule has 1 aromatic carbocycles. The Morgan fingerprint density at radius 2 is 2.20 bits per heavy atom. The minimum absolute atomic E-state index is 0.0871. The summed E-state index contributed by atoms with van der Waals surface area (Å²) in [6, 6.07) is 5.09. The maximum atomic E-state index is 13.1. The van der Waals surface area contributed by atoms with E-state index < -0.39 is 0 Å². The number of nitrogens with zero attached hydrogens (tertiary/aromatic N) is 1. The summed E-state index contributed by atoms with van der Waals surface area (Å²) in [6.45, 7) is 1.42. The van der Waals surface area contributed by atoms with E-state index in [1.165, 1.54) is 0 Å². The van der Waals surface area contributed by atoms with Crippen molar-refractivity contribution < 1.29 is 18.7 Å². The number of nitrogens with one attached hydrogen (secondary N) is 1. The van der Waals surface area contributed by atoms with Crippen molar-refractivity contribution in [3.05, 3.63) is 28.6 Å². The third kappa shape index (κ3) is 3.14. The molecule has 6 nitrogen and oxygen atoms in total. The van der Waals surface area contributed by atoms with E-state index in [4.69, 9.17) is 21.4 Å². The van der Waals surface area contributed by atoms with Gasteiger partial charge in [0.2, 0.25) is 0 Å². The number of morpholine rings is 1. The number of hydrogen-bond donors (Lipinski definition) is 1. The van der Waals surface area contributed by atoms with Gasteiger partial charge in [-0.1, -0.05) is 6.42 Å². The molecule has 1 saturated heterocycles. The second kappa shape index (κ2) is 6.72. The Kier molecular flexibility index (Phi) is 4.43. The lowest BCUT2D eigenvalue weighted by atomic mass is 9.82. The predicted octanol–water partition coefficient (Wildman–Crippen LogP) is 3.09. The van der Waals surface area contributed by atoms with E-state index in [2.05, 4.69) is 4.98 Å². The first-order valence-electron chi connectivity index (χ1n) is 8.68. The molecular weight excluding hydrogens is 340 g/mol. The Morgan fingerprint density at radius 3 is 3.04 bits per heavy atom. The Morgan fingerprint density at radius 1 is 1.32 bits per heavy atom. The summed E-state index contributed by atoms with van der Waals surface area (Å²) >= 11 is 4.99. The van der Waals surface area contributed by atoms with Crippen molar-refractivity contribution in [2.75, 3.05) is 19.8 Å². The molecule has 1 saturated carbocycles. The summed E-state index contributed by atoms with van der Waals surface area (Å²) < 4.78 is 11.0. The molecule has 1 amide bonds. The molecule has 4 rings (SSSR count). The maximum absolute atomic E-state index is 13.1. The quantitative estimate of drug-likeness (QED) is 0.833. The smallest absolute Gasteiger partial charge is 0.266 e. The fourth-order valence-corrected chi connectivity index (χ4v) is 4.07. The fourth-order valence-electron chi connectivity index (χ4n) is 3.87. The number of ether oxygens (including phenoxy) is 1. The normalized spacial score (nSPS) is 24.6. The van der Waals surface area contributed by atoms with E-state index in [1.54, 1.807) is 23.1 Å². The summed E-state index contributed by atoms with van der Waals surface area (Å²) in [5.74, 6) is 0.0557. The lowest BCUT2D eigenvalue weighted by molar-refractivity contribution is -0.129. The molecule has 132 valence electrons. The molecule has 0 spiro atoms. The number of aromatic nitrogens is 1. The van der Waals surface area contributed by atoms with Crippen molar-refractivity contribution in [3.8, 4) is 0 Å². The number of amides is 1. The number of fused-ring (bicyclic) bond motifs is 1. The van der Waals surface area contributed by atoms with Crippen molar-refractivity contribution >= 4 is 35.0 Å². The van der Waals surface area contributed by atoms with E-state index in [-0.39, 0.29) is 28.5 Å². The van der Waals surface area contributed by atoms with Crippen LogP contribution in [0.25, 0.3) is 11.1 Å². The van der Waals surface area contributed by atoms with Gasteiger partial charge in [-0.3, -0.25) is 9.59 Å². The topological polar surface area (TPSA) is 75.5 Å². The highest BCUT2D eigenvalue weighted by atomic mass is 32.1. The Hall–Kier alpha value is -1.99. The second-order valence-corrected chi connectivity index (χ2v) is 7.06. The average molecular weight is 360 g/mol. The highest BCUT2D eigenvalue weighted by Crippen LogP contribution is 2.29. The van der Waals surface area contributed by atoms with Gasteiger partial charge < -0.3 is 19.0 Å². The molecule has 0 radical (unpaired) electrons. The van der Waals surface area contributed by atoms with Crippen LogP contribution in [0.4, 0.5) is 0 Å². The molecule has 7 heteroatoms. The SMILES string of the molecule is O=C1CCCCC1C1COCCN1C(=O)c1ccc2[nH]c(=S)oc2c1. The number of rotatable bonds is 2. The molecule has 1 aromatic heterocycles. The molecule has 2 atom stereocenters. The number of ketones is 1. The summed E-state index contributed by atoms with van der Waals surface area (Å²) in [5.41, 5.74) is 1.87. The Balaban J connectivity index is 1.63. The van der Waals surface area contributed by atoms with Crippen LogP contribution in [-0.4, -0.2) is 47.4 Å². The predicted molar refractivity (Wildman–Crippen MR) is 94.0 cm³/mol. The third-order valence-corrected chi connectivity index (χ3v) is 5.35. The molecule has 2 unspecified atom stereocenters. The van der Waals surface area contributed by atoms with E-state index >= 15 is 0 Å². The van der Waals surface area contributed by atoms with Gasteiger partial charge in [0.25, 0.3) is 10.7 Å². The van der Waals surface area contributed by atoms with Gasteiger partial charge in [-0.25, -0.2) is 0 Å². The van der Waals surface area contributed by atoms with Crippen molar-refractivity contribution in [1.29, 1.82) is 0 Å². The number of benzene rings is 1. The van der Waals surface area contributed by atoms with Crippen LogP contribution in [0.5, 0.6) is 0 Å². The van der Waals surface area contributed by atoms with Gasteiger partial charge in [-0.2, -0.15) is 0 Å². The minimum Gasteiger partial charge on any atom is -0.429 e. The van der Waals surface area contributed by atoms with Gasteiger partial charge >= 0.3 is 0 Å². The highest BCUT2D eigenvalue weighted by molar-refractivity contribution is 7.71. The summed E-state index contributed by atoms with van der Waals surface area (Å²) in [4.78, 5) is 30.5. The van der Waals surface area contributed by atoms with Crippen molar-refractivity contribution in [2.45, 2.75) is 31.7 Å². The average Bonchev–Trinajstić information content (AvgIpc) is 3.00. The van der Waals surface area contributed by atoms with Gasteiger partial charge in [-0.05, 0) is 43.3 Å². The van der Waals surface area contributed by atoms with E-state index in [9.17, 15) is 9.59 Å². The first-order valence-corrected chi connectivity index (χ1v) is 9.08. The number of aromatic amines is 1. The van der Waals surface area contributed by atoms with Crippen LogP contribution < -0.4 is 0 Å². The van der Waals surface area contributed by atoms with Crippen LogP contribution in [-0.2, 0) is 9.53 Å². The van der Waals surface area contributed by atoms with Gasteiger partial charge in [-0.15, -0.1) is 0 Å². The van der Waals surface area contributed by atoms with Crippen LogP contribution in [0.15, 0.2) is 22.6 Å². The molecule has 1 aliphatic carbocycles. The molecule has 2 aromatic rings. The Labute approximate surface area is 150 Å². The maximum Gasteiger partial charge on any atom is 0.266 e. The van der Waals surface area contributed by atoms with Crippen molar-refractivity contribution in [2.24, 2.45) is 5.92 Å². The summed E-state index contributed by atoms with van der Waals surface area (Å²) in [5, 5.41) is 0. The van der Waals surface area contributed by atoms with Crippen LogP contribution in [0, 0.1) is 10.8 Å². The van der Waals surface area contributed by atoms with Crippen LogP contribution in [0.1, 0.15) is 36.0 Å². The van der Waals surface area contributed by atoms with Crippen LogP contribution >= 0.6 is 12.2 Å². The number of carbonyl (C=O) groups is 2. The highest BCUT2D eigenvalue weighted by Gasteiger charge is 2.38. The second-order valence-electron chi connectivity index (χ2n) is 6.68. The van der Waals surface area contributed by atoms with Crippen LogP contribution in [0.2, 0.25) is 0 Å². The standard InChI is InChI=1S/C18H20N2O4S/c21-15-4-2-1-3-12(15)14-10-23-8-7-20(14)17(22)11-5-6-13-16(9-11)24-18(25)19-13/h5-6,9,12,14H,1-4,7-8,10H2,(H,19,25). The number of Topliss-reactive ketones (excluding diaryl/α,β-unsaturated/α-hetero) is 1. The van der Waals surface area contributed by atoms with Crippen molar-refractivity contribution in [1.82, 2.24) is 9.88 Å². The first-order chi connectivity index (χ1) is 12.1. The van der Waals surface area contributed by atoms with Gasteiger partial charge in [0.15, 0.2) is 5.58 Å². The summed E-state index contributed by atoms with van der Waals surface area (Å²) in [7, 11) is 0. The number of oxazole rings is 1. The molecular formula is C18H20N2O4S.